The number of hydrogen-bond donors (Lipinski definition) is 1. The molecular weight excluding hydrogens is 518 g/mol. The molecule has 1 aliphatic rings. The summed E-state index contributed by atoms with van der Waals surface area (Å²) in [6.45, 7) is 0.479. The lowest BCUT2D eigenvalue weighted by atomic mass is 10.1. The average Bonchev–Trinajstić information content (AvgIpc) is 3.27. The molecule has 1 aliphatic heterocycles. The summed E-state index contributed by atoms with van der Waals surface area (Å²) >= 11 is 0.902. The predicted molar refractivity (Wildman–Crippen MR) is 150 cm³/mol. The van der Waals surface area contributed by atoms with Gasteiger partial charge in [-0.15, -0.1) is 0 Å². The Bertz CT molecular complexity index is 1620. The molecule has 0 radical (unpaired) electrons. The van der Waals surface area contributed by atoms with E-state index in [-0.39, 0.29) is 16.6 Å². The van der Waals surface area contributed by atoms with Crippen molar-refractivity contribution in [3.63, 3.8) is 0 Å². The third-order valence-corrected chi connectivity index (χ3v) is 6.95. The molecule has 2 amide bonds. The smallest absolute Gasteiger partial charge is 0.290 e. The molecule has 0 atom stereocenters. The largest absolute Gasteiger partial charge is 0.497 e. The number of methoxy groups -OCH3 is 2. The van der Waals surface area contributed by atoms with Gasteiger partial charge in [-0.05, 0) is 66.1 Å². The first-order valence-electron chi connectivity index (χ1n) is 12.2. The van der Waals surface area contributed by atoms with E-state index in [9.17, 15) is 14.4 Å². The van der Waals surface area contributed by atoms with Crippen LogP contribution in [0.1, 0.15) is 17.5 Å². The van der Waals surface area contributed by atoms with Crippen LogP contribution in [0.4, 0.5) is 4.79 Å². The van der Waals surface area contributed by atoms with E-state index in [0.29, 0.717) is 51.1 Å². The number of carbonyl (C=O) groups excluding carboxylic acids is 2. The molecule has 8 nitrogen and oxygen atoms in total. The summed E-state index contributed by atoms with van der Waals surface area (Å²) in [5, 5.41) is 2.36. The number of aryl methyl sites for hydroxylation is 1. The normalized spacial score (nSPS) is 14.1. The van der Waals surface area contributed by atoms with Gasteiger partial charge in [0.15, 0.2) is 5.43 Å². The quantitative estimate of drug-likeness (QED) is 0.208. The van der Waals surface area contributed by atoms with Crippen LogP contribution in [0.15, 0.2) is 80.8 Å². The Labute approximate surface area is 228 Å². The van der Waals surface area contributed by atoms with E-state index in [1.165, 1.54) is 6.07 Å². The number of imide groups is 1. The zero-order valence-electron chi connectivity index (χ0n) is 21.3. The van der Waals surface area contributed by atoms with Crippen LogP contribution in [0.25, 0.3) is 28.4 Å². The van der Waals surface area contributed by atoms with Crippen molar-refractivity contribution in [2.24, 2.45) is 0 Å². The number of thioether (sulfide) groups is 1. The molecule has 1 fully saturated rings. The Hall–Kier alpha value is -4.50. The molecule has 9 heteroatoms. The first kappa shape index (κ1) is 26.1. The van der Waals surface area contributed by atoms with Gasteiger partial charge >= 0.3 is 0 Å². The second-order valence-corrected chi connectivity index (χ2v) is 9.79. The van der Waals surface area contributed by atoms with E-state index in [0.717, 1.165) is 35.7 Å². The molecule has 0 saturated carbocycles. The molecule has 4 aromatic rings. The minimum Gasteiger partial charge on any atom is -0.497 e. The first-order valence-corrected chi connectivity index (χ1v) is 13.0. The summed E-state index contributed by atoms with van der Waals surface area (Å²) in [5.41, 5.74) is 2.92. The van der Waals surface area contributed by atoms with Gasteiger partial charge in [0.1, 0.15) is 28.6 Å². The van der Waals surface area contributed by atoms with Crippen molar-refractivity contribution in [2.45, 2.75) is 12.8 Å². The fraction of sp³-hybridized carbons (Fsp3) is 0.167. The topological polar surface area (TPSA) is 104 Å². The van der Waals surface area contributed by atoms with Crippen LogP contribution >= 0.6 is 11.8 Å². The molecule has 198 valence electrons. The van der Waals surface area contributed by atoms with Crippen LogP contribution < -0.4 is 25.0 Å². The lowest BCUT2D eigenvalue weighted by molar-refractivity contribution is -0.115. The van der Waals surface area contributed by atoms with Gasteiger partial charge in [0, 0.05) is 23.8 Å². The SMILES string of the molecule is COc1cc(OC)cc(-c2cc(=O)c3ccc(OCCCc4ccc(/C=C5/SC(=O)NC5=O)cc4)cc3o2)c1. The molecule has 0 spiro atoms. The minimum absolute atomic E-state index is 0.155. The Morgan fingerprint density at radius 3 is 2.28 bits per heavy atom. The fourth-order valence-corrected chi connectivity index (χ4v) is 4.82. The van der Waals surface area contributed by atoms with Gasteiger partial charge in [-0.1, -0.05) is 24.3 Å². The highest BCUT2D eigenvalue weighted by atomic mass is 32.2. The van der Waals surface area contributed by atoms with Crippen molar-refractivity contribution >= 4 is 40.0 Å². The summed E-state index contributed by atoms with van der Waals surface area (Å²) in [6, 6.07) is 19.8. The number of carbonyl (C=O) groups is 2. The average molecular weight is 544 g/mol. The molecule has 1 N–H and O–H groups in total. The lowest BCUT2D eigenvalue weighted by Gasteiger charge is -2.10. The molecule has 1 saturated heterocycles. The van der Waals surface area contributed by atoms with Crippen LogP contribution in [-0.4, -0.2) is 32.0 Å². The van der Waals surface area contributed by atoms with Gasteiger partial charge < -0.3 is 18.6 Å². The maximum absolute atomic E-state index is 12.8. The van der Waals surface area contributed by atoms with E-state index in [1.54, 1.807) is 56.7 Å². The van der Waals surface area contributed by atoms with E-state index in [1.807, 2.05) is 24.3 Å². The number of nitrogens with one attached hydrogen (secondary N) is 1. The van der Waals surface area contributed by atoms with Gasteiger partial charge in [0.25, 0.3) is 11.1 Å². The molecule has 0 aliphatic carbocycles. The van der Waals surface area contributed by atoms with Crippen molar-refractivity contribution < 1.29 is 28.2 Å². The van der Waals surface area contributed by atoms with Crippen molar-refractivity contribution in [2.75, 3.05) is 20.8 Å². The Morgan fingerprint density at radius 1 is 0.872 bits per heavy atom. The monoisotopic (exact) mass is 543 g/mol. The standard InChI is InChI=1S/C30H25NO7S/c1-35-22-13-20(14-23(15-22)36-2)26-17-25(32)24-10-9-21(16-27(24)38-26)37-11-3-4-18-5-7-19(8-6-18)12-28-29(33)31-30(34)39-28/h5-10,12-17H,3-4,11H2,1-2H3,(H,31,33,34)/b28-12+. The van der Waals surface area contributed by atoms with Crippen LogP contribution in [0.3, 0.4) is 0 Å². The van der Waals surface area contributed by atoms with Crippen molar-refractivity contribution in [1.82, 2.24) is 5.32 Å². The number of fused-ring (bicyclic) bond motifs is 1. The van der Waals surface area contributed by atoms with Crippen LogP contribution in [-0.2, 0) is 11.2 Å². The van der Waals surface area contributed by atoms with Gasteiger partial charge in [-0.2, -0.15) is 0 Å². The van der Waals surface area contributed by atoms with E-state index in [4.69, 9.17) is 18.6 Å². The summed E-state index contributed by atoms with van der Waals surface area (Å²) in [6.07, 6.45) is 3.28. The second kappa shape index (κ2) is 11.5. The predicted octanol–water partition coefficient (Wildman–Crippen LogP) is 5.81. The zero-order valence-corrected chi connectivity index (χ0v) is 22.1. The van der Waals surface area contributed by atoms with Crippen molar-refractivity contribution in [3.05, 3.63) is 93.0 Å². The van der Waals surface area contributed by atoms with Crippen LogP contribution in [0.5, 0.6) is 17.2 Å². The lowest BCUT2D eigenvalue weighted by Crippen LogP contribution is -2.17. The molecule has 0 unspecified atom stereocenters. The van der Waals surface area contributed by atoms with Crippen molar-refractivity contribution in [3.8, 4) is 28.6 Å². The number of benzene rings is 3. The first-order chi connectivity index (χ1) is 18.9. The zero-order chi connectivity index (χ0) is 27.4. The maximum atomic E-state index is 12.8. The molecular formula is C30H25NO7S. The van der Waals surface area contributed by atoms with Crippen LogP contribution in [0.2, 0.25) is 0 Å². The van der Waals surface area contributed by atoms with E-state index in [2.05, 4.69) is 5.32 Å². The van der Waals surface area contributed by atoms with Gasteiger partial charge in [0.2, 0.25) is 0 Å². The Balaban J connectivity index is 1.23. The Morgan fingerprint density at radius 2 is 1.62 bits per heavy atom. The molecule has 2 heterocycles. The molecule has 0 bridgehead atoms. The summed E-state index contributed by atoms with van der Waals surface area (Å²) in [5.74, 6) is 1.82. The number of rotatable bonds is 9. The third kappa shape index (κ3) is 6.15. The fourth-order valence-electron chi connectivity index (χ4n) is 4.14. The highest BCUT2D eigenvalue weighted by Gasteiger charge is 2.24. The molecule has 5 rings (SSSR count). The highest BCUT2D eigenvalue weighted by molar-refractivity contribution is 8.18. The number of ether oxygens (including phenoxy) is 3. The molecule has 3 aromatic carbocycles. The summed E-state index contributed by atoms with van der Waals surface area (Å²) in [4.78, 5) is 36.2. The van der Waals surface area contributed by atoms with E-state index < -0.39 is 0 Å². The van der Waals surface area contributed by atoms with E-state index >= 15 is 0 Å². The van der Waals surface area contributed by atoms with Crippen LogP contribution in [0, 0.1) is 0 Å². The third-order valence-electron chi connectivity index (χ3n) is 6.13. The van der Waals surface area contributed by atoms with Crippen molar-refractivity contribution in [1.29, 1.82) is 0 Å². The number of amides is 2. The minimum atomic E-state index is -0.365. The maximum Gasteiger partial charge on any atom is 0.290 e. The van der Waals surface area contributed by atoms with Gasteiger partial charge in [-0.3, -0.25) is 19.7 Å². The Kier molecular flexibility index (Phi) is 7.69. The van der Waals surface area contributed by atoms with Gasteiger partial charge in [0.05, 0.1) is 31.1 Å². The number of hydrogen-bond acceptors (Lipinski definition) is 8. The highest BCUT2D eigenvalue weighted by Crippen LogP contribution is 2.31. The molecule has 39 heavy (non-hydrogen) atoms. The summed E-state index contributed by atoms with van der Waals surface area (Å²) < 4.78 is 22.7. The molecule has 1 aromatic heterocycles. The second-order valence-electron chi connectivity index (χ2n) is 8.78. The van der Waals surface area contributed by atoms with Gasteiger partial charge in [-0.25, -0.2) is 0 Å². The summed E-state index contributed by atoms with van der Waals surface area (Å²) in [7, 11) is 3.13.